The molecule has 1 unspecified atom stereocenters. The Morgan fingerprint density at radius 1 is 1.15 bits per heavy atom. The molecule has 0 saturated carbocycles. The average molecular weight is 381 g/mol. The van der Waals surface area contributed by atoms with E-state index in [1.807, 2.05) is 0 Å². The predicted octanol–water partition coefficient (Wildman–Crippen LogP) is 3.68. The van der Waals surface area contributed by atoms with Crippen LogP contribution in [0.25, 0.3) is 0 Å². The van der Waals surface area contributed by atoms with Gasteiger partial charge in [-0.2, -0.15) is 18.3 Å². The Bertz CT molecular complexity index is 752. The van der Waals surface area contributed by atoms with E-state index in [1.165, 1.54) is 12.1 Å². The monoisotopic (exact) mass is 381 g/mol. The summed E-state index contributed by atoms with van der Waals surface area (Å²) in [6, 6.07) is 5.02. The molecule has 11 heteroatoms. The highest BCUT2D eigenvalue weighted by molar-refractivity contribution is 5.76. The Labute approximate surface area is 143 Å². The molecule has 0 aliphatic heterocycles. The van der Waals surface area contributed by atoms with Gasteiger partial charge in [0.15, 0.2) is 5.69 Å². The summed E-state index contributed by atoms with van der Waals surface area (Å²) in [7, 11) is 0. The van der Waals surface area contributed by atoms with Gasteiger partial charge in [-0.15, -0.1) is 13.2 Å². The molecule has 0 radical (unpaired) electrons. The van der Waals surface area contributed by atoms with Crippen LogP contribution in [0.15, 0.2) is 36.5 Å². The second-order valence-corrected chi connectivity index (χ2v) is 5.30. The van der Waals surface area contributed by atoms with Gasteiger partial charge in [0.2, 0.25) is 5.91 Å². The third-order valence-corrected chi connectivity index (χ3v) is 3.23. The molecule has 0 aliphatic rings. The van der Waals surface area contributed by atoms with Crippen molar-refractivity contribution in [3.8, 4) is 5.75 Å². The number of rotatable bonds is 5. The number of amides is 1. The number of carbonyl (C=O) groups excluding carboxylic acids is 1. The number of hydrogen-bond acceptors (Lipinski definition) is 3. The first-order valence-corrected chi connectivity index (χ1v) is 7.20. The van der Waals surface area contributed by atoms with Crippen LogP contribution in [0.1, 0.15) is 24.2 Å². The highest BCUT2D eigenvalue weighted by Gasteiger charge is 2.33. The maximum absolute atomic E-state index is 12.4. The van der Waals surface area contributed by atoms with E-state index in [1.54, 1.807) is 6.92 Å². The molecule has 0 bridgehead atoms. The fourth-order valence-corrected chi connectivity index (χ4v) is 2.08. The SMILES string of the molecule is CC(NC(=O)Cn1ccc(C(F)(F)F)n1)c1ccc(OC(F)(F)F)cc1. The topological polar surface area (TPSA) is 56.2 Å². The van der Waals surface area contributed by atoms with Crippen LogP contribution in [0.4, 0.5) is 26.3 Å². The van der Waals surface area contributed by atoms with Crippen LogP contribution in [-0.4, -0.2) is 22.1 Å². The third-order valence-electron chi connectivity index (χ3n) is 3.23. The number of ether oxygens (including phenoxy) is 1. The highest BCUT2D eigenvalue weighted by Crippen LogP contribution is 2.27. The Hall–Kier alpha value is -2.72. The van der Waals surface area contributed by atoms with Gasteiger partial charge in [0.05, 0.1) is 6.04 Å². The number of carbonyl (C=O) groups is 1. The van der Waals surface area contributed by atoms with Crippen LogP contribution >= 0.6 is 0 Å². The molecule has 26 heavy (non-hydrogen) atoms. The number of alkyl halides is 6. The number of aromatic nitrogens is 2. The third kappa shape index (κ3) is 5.67. The molecule has 0 fully saturated rings. The van der Waals surface area contributed by atoms with Crippen molar-refractivity contribution >= 4 is 5.91 Å². The van der Waals surface area contributed by atoms with Gasteiger partial charge in [0, 0.05) is 6.20 Å². The van der Waals surface area contributed by atoms with Crippen molar-refractivity contribution in [3.05, 3.63) is 47.8 Å². The van der Waals surface area contributed by atoms with E-state index in [-0.39, 0.29) is 0 Å². The van der Waals surface area contributed by atoms with Gasteiger partial charge in [-0.05, 0) is 30.7 Å². The molecule has 142 valence electrons. The van der Waals surface area contributed by atoms with Crippen LogP contribution in [0, 0.1) is 0 Å². The van der Waals surface area contributed by atoms with E-state index >= 15 is 0 Å². The predicted molar refractivity (Wildman–Crippen MR) is 76.9 cm³/mol. The first-order chi connectivity index (χ1) is 11.9. The van der Waals surface area contributed by atoms with Crippen LogP contribution in [0.2, 0.25) is 0 Å². The van der Waals surface area contributed by atoms with Crippen LogP contribution < -0.4 is 10.1 Å². The molecule has 1 N–H and O–H groups in total. The molecule has 1 heterocycles. The van der Waals surface area contributed by atoms with Crippen molar-refractivity contribution in [3.63, 3.8) is 0 Å². The maximum Gasteiger partial charge on any atom is 0.573 e. The molecule has 2 aromatic rings. The number of nitrogens with zero attached hydrogens (tertiary/aromatic N) is 2. The molecule has 1 aromatic heterocycles. The average Bonchev–Trinajstić information content (AvgIpc) is 2.94. The first kappa shape index (κ1) is 19.6. The summed E-state index contributed by atoms with van der Waals surface area (Å²) in [6.45, 7) is 1.14. The number of benzene rings is 1. The minimum absolute atomic E-state index is 0.406. The zero-order valence-electron chi connectivity index (χ0n) is 13.2. The highest BCUT2D eigenvalue weighted by atomic mass is 19.4. The van der Waals surface area contributed by atoms with Gasteiger partial charge in [-0.1, -0.05) is 12.1 Å². The number of halogens is 6. The Morgan fingerprint density at radius 2 is 1.77 bits per heavy atom. The van der Waals surface area contributed by atoms with E-state index in [9.17, 15) is 31.1 Å². The van der Waals surface area contributed by atoms with Gasteiger partial charge in [0.1, 0.15) is 12.3 Å². The Balaban J connectivity index is 1.93. The fraction of sp³-hybridized carbons (Fsp3) is 0.333. The molecule has 1 amide bonds. The van der Waals surface area contributed by atoms with Gasteiger partial charge in [-0.25, -0.2) is 0 Å². The normalized spacial score (nSPS) is 13.3. The second-order valence-electron chi connectivity index (χ2n) is 5.30. The van der Waals surface area contributed by atoms with Gasteiger partial charge in [0.25, 0.3) is 0 Å². The molecule has 0 saturated heterocycles. The largest absolute Gasteiger partial charge is 0.573 e. The summed E-state index contributed by atoms with van der Waals surface area (Å²) in [5.74, 6) is -1.01. The zero-order chi connectivity index (χ0) is 19.5. The molecule has 0 spiro atoms. The van der Waals surface area contributed by atoms with Crippen LogP contribution in [0.3, 0.4) is 0 Å². The fourth-order valence-electron chi connectivity index (χ4n) is 2.08. The summed E-state index contributed by atoms with van der Waals surface area (Å²) in [4.78, 5) is 11.9. The minimum atomic E-state index is -4.81. The lowest BCUT2D eigenvalue weighted by molar-refractivity contribution is -0.274. The summed E-state index contributed by atoms with van der Waals surface area (Å²) in [5, 5.41) is 5.77. The molecular weight excluding hydrogens is 368 g/mol. The van der Waals surface area contributed by atoms with Crippen molar-refractivity contribution in [2.24, 2.45) is 0 Å². The molecule has 2 rings (SSSR count). The lowest BCUT2D eigenvalue weighted by Crippen LogP contribution is -2.30. The summed E-state index contributed by atoms with van der Waals surface area (Å²) >= 11 is 0. The van der Waals surface area contributed by atoms with E-state index in [0.29, 0.717) is 5.56 Å². The van der Waals surface area contributed by atoms with Gasteiger partial charge < -0.3 is 10.1 Å². The number of nitrogens with one attached hydrogen (secondary N) is 1. The van der Waals surface area contributed by atoms with Crippen LogP contribution in [0.5, 0.6) is 5.75 Å². The first-order valence-electron chi connectivity index (χ1n) is 7.20. The van der Waals surface area contributed by atoms with Crippen molar-refractivity contribution in [2.45, 2.75) is 32.0 Å². The minimum Gasteiger partial charge on any atom is -0.406 e. The van der Waals surface area contributed by atoms with E-state index in [2.05, 4.69) is 15.2 Å². The quantitative estimate of drug-likeness (QED) is 0.804. The van der Waals surface area contributed by atoms with Crippen molar-refractivity contribution < 1.29 is 35.9 Å². The van der Waals surface area contributed by atoms with E-state index < -0.39 is 42.5 Å². The smallest absolute Gasteiger partial charge is 0.406 e. The van der Waals surface area contributed by atoms with E-state index in [0.717, 1.165) is 29.1 Å². The summed E-state index contributed by atoms with van der Waals surface area (Å²) in [5.41, 5.74) is -0.622. The molecule has 5 nitrogen and oxygen atoms in total. The second kappa shape index (κ2) is 7.26. The zero-order valence-corrected chi connectivity index (χ0v) is 13.2. The van der Waals surface area contributed by atoms with Gasteiger partial charge >= 0.3 is 12.5 Å². The van der Waals surface area contributed by atoms with Crippen molar-refractivity contribution in [1.82, 2.24) is 15.1 Å². The summed E-state index contributed by atoms with van der Waals surface area (Å²) in [6.07, 6.45) is -8.38. The maximum atomic E-state index is 12.4. The molecule has 1 atom stereocenters. The lowest BCUT2D eigenvalue weighted by Gasteiger charge is -2.15. The van der Waals surface area contributed by atoms with Crippen molar-refractivity contribution in [1.29, 1.82) is 0 Å². The standard InChI is InChI=1S/C15H13F6N3O2/c1-9(10-2-4-11(5-3-10)26-15(19,20)21)22-13(25)8-24-7-6-12(23-24)14(16,17)18/h2-7,9H,8H2,1H3,(H,22,25). The van der Waals surface area contributed by atoms with E-state index in [4.69, 9.17) is 0 Å². The molecule has 1 aromatic carbocycles. The number of hydrogen-bond donors (Lipinski definition) is 1. The molecular formula is C15H13F6N3O2. The lowest BCUT2D eigenvalue weighted by atomic mass is 10.1. The van der Waals surface area contributed by atoms with Crippen molar-refractivity contribution in [2.75, 3.05) is 0 Å². The van der Waals surface area contributed by atoms with Crippen LogP contribution in [-0.2, 0) is 17.5 Å². The van der Waals surface area contributed by atoms with Gasteiger partial charge in [-0.3, -0.25) is 9.48 Å². The molecule has 0 aliphatic carbocycles. The summed E-state index contributed by atoms with van der Waals surface area (Å²) < 4.78 is 78.2. The Kier molecular flexibility index (Phi) is 5.47. The Morgan fingerprint density at radius 3 is 2.27 bits per heavy atom.